The van der Waals surface area contributed by atoms with Crippen LogP contribution in [0.3, 0.4) is 0 Å². The second-order valence-corrected chi connectivity index (χ2v) is 2.56. The van der Waals surface area contributed by atoms with Crippen molar-refractivity contribution in [2.24, 2.45) is 0 Å². The van der Waals surface area contributed by atoms with E-state index < -0.39 is 0 Å². The number of H-pyrrole nitrogens is 1. The molecule has 0 saturated carbocycles. The van der Waals surface area contributed by atoms with Gasteiger partial charge >= 0.3 is 0 Å². The van der Waals surface area contributed by atoms with Crippen molar-refractivity contribution >= 4 is 5.78 Å². The van der Waals surface area contributed by atoms with Gasteiger partial charge in [-0.25, -0.2) is 0 Å². The number of aromatic amines is 1. The summed E-state index contributed by atoms with van der Waals surface area (Å²) in [5, 5.41) is 0. The van der Waals surface area contributed by atoms with Crippen LogP contribution in [-0.4, -0.2) is 29.8 Å². The minimum atomic E-state index is -0.162. The highest BCUT2D eigenvalue weighted by atomic mass is 16.1. The first-order chi connectivity index (χ1) is 5.70. The maximum absolute atomic E-state index is 11.2. The molecule has 1 aromatic rings. The standard InChI is InChI=1S/C9H10N2O/c1-11(2)6-4-9(12)8-3-5-10-7-8/h3,5,7,10H,1-2H3. The Bertz CT molecular complexity index is 314. The van der Waals surface area contributed by atoms with Gasteiger partial charge < -0.3 is 9.88 Å². The van der Waals surface area contributed by atoms with Crippen LogP contribution in [-0.2, 0) is 0 Å². The predicted molar refractivity (Wildman–Crippen MR) is 46.6 cm³/mol. The number of ketones is 1. The molecule has 1 rings (SSSR count). The van der Waals surface area contributed by atoms with Crippen LogP contribution in [0.15, 0.2) is 18.5 Å². The van der Waals surface area contributed by atoms with Crippen molar-refractivity contribution in [3.8, 4) is 12.0 Å². The highest BCUT2D eigenvalue weighted by Crippen LogP contribution is 1.96. The fraction of sp³-hybridized carbons (Fsp3) is 0.222. The average Bonchev–Trinajstić information content (AvgIpc) is 2.51. The lowest BCUT2D eigenvalue weighted by atomic mass is 10.2. The summed E-state index contributed by atoms with van der Waals surface area (Å²) in [6, 6.07) is 4.35. The zero-order valence-corrected chi connectivity index (χ0v) is 7.09. The Hall–Kier alpha value is -1.69. The molecule has 0 bridgehead atoms. The molecule has 0 aliphatic rings. The van der Waals surface area contributed by atoms with Crippen molar-refractivity contribution in [3.63, 3.8) is 0 Å². The van der Waals surface area contributed by atoms with Crippen LogP contribution < -0.4 is 0 Å². The summed E-state index contributed by atoms with van der Waals surface area (Å²) in [4.78, 5) is 15.6. The Balaban J connectivity index is 2.70. The van der Waals surface area contributed by atoms with Gasteiger partial charge in [-0.3, -0.25) is 4.79 Å². The Kier molecular flexibility index (Phi) is 2.54. The average molecular weight is 162 g/mol. The van der Waals surface area contributed by atoms with Gasteiger partial charge in [0.05, 0.1) is 0 Å². The van der Waals surface area contributed by atoms with Gasteiger partial charge in [0.1, 0.15) is 0 Å². The fourth-order valence-corrected chi connectivity index (χ4v) is 0.700. The zero-order chi connectivity index (χ0) is 8.97. The van der Waals surface area contributed by atoms with E-state index in [0.717, 1.165) is 0 Å². The van der Waals surface area contributed by atoms with Gasteiger partial charge in [-0.15, -0.1) is 0 Å². The minimum absolute atomic E-state index is 0.162. The molecule has 0 aliphatic carbocycles. The number of carbonyl (C=O) groups is 1. The summed E-state index contributed by atoms with van der Waals surface area (Å²) in [5.41, 5.74) is 0.601. The lowest BCUT2D eigenvalue weighted by Gasteiger charge is -1.96. The van der Waals surface area contributed by atoms with Gasteiger partial charge in [0.15, 0.2) is 0 Å². The highest BCUT2D eigenvalue weighted by molar-refractivity contribution is 6.08. The summed E-state index contributed by atoms with van der Waals surface area (Å²) in [7, 11) is 3.58. The number of nitrogens with one attached hydrogen (secondary N) is 1. The van der Waals surface area contributed by atoms with E-state index in [1.807, 2.05) is 0 Å². The third-order valence-electron chi connectivity index (χ3n) is 1.25. The first-order valence-corrected chi connectivity index (χ1v) is 3.56. The Morgan fingerprint density at radius 1 is 1.58 bits per heavy atom. The second kappa shape index (κ2) is 3.63. The molecule has 12 heavy (non-hydrogen) atoms. The summed E-state index contributed by atoms with van der Waals surface area (Å²) in [6.45, 7) is 0. The van der Waals surface area contributed by atoms with Crippen LogP contribution in [0, 0.1) is 12.0 Å². The van der Waals surface area contributed by atoms with Crippen molar-refractivity contribution in [1.82, 2.24) is 9.88 Å². The van der Waals surface area contributed by atoms with E-state index in [1.165, 1.54) is 0 Å². The molecule has 0 fully saturated rings. The van der Waals surface area contributed by atoms with Crippen LogP contribution >= 0.6 is 0 Å². The Morgan fingerprint density at radius 3 is 2.83 bits per heavy atom. The van der Waals surface area contributed by atoms with Crippen molar-refractivity contribution in [2.75, 3.05) is 14.1 Å². The molecule has 0 amide bonds. The SMILES string of the molecule is CN(C)C#CC(=O)c1cc[nH]c1. The lowest BCUT2D eigenvalue weighted by Crippen LogP contribution is -2.03. The molecule has 62 valence electrons. The normalized spacial score (nSPS) is 8.50. The van der Waals surface area contributed by atoms with Crippen molar-refractivity contribution in [2.45, 2.75) is 0 Å². The van der Waals surface area contributed by atoms with E-state index in [0.29, 0.717) is 5.56 Å². The Morgan fingerprint density at radius 2 is 2.33 bits per heavy atom. The number of nitrogens with zero attached hydrogens (tertiary/aromatic N) is 1. The van der Waals surface area contributed by atoms with Crippen LogP contribution in [0.1, 0.15) is 10.4 Å². The first kappa shape index (κ1) is 8.41. The molecule has 0 aromatic carbocycles. The van der Waals surface area contributed by atoms with Gasteiger partial charge in [-0.05, 0) is 12.0 Å². The summed E-state index contributed by atoms with van der Waals surface area (Å²) in [5.74, 6) is 2.34. The molecule has 0 atom stereocenters. The molecule has 1 aromatic heterocycles. The molecule has 0 spiro atoms. The monoisotopic (exact) mass is 162 g/mol. The number of aromatic nitrogens is 1. The molecule has 3 heteroatoms. The summed E-state index contributed by atoms with van der Waals surface area (Å²) in [6.07, 6.45) is 3.33. The van der Waals surface area contributed by atoms with E-state index >= 15 is 0 Å². The third kappa shape index (κ3) is 2.17. The summed E-state index contributed by atoms with van der Waals surface area (Å²) >= 11 is 0. The molecule has 1 heterocycles. The van der Waals surface area contributed by atoms with Crippen LogP contribution in [0.25, 0.3) is 0 Å². The van der Waals surface area contributed by atoms with E-state index in [-0.39, 0.29) is 5.78 Å². The largest absolute Gasteiger partial charge is 0.367 e. The molecule has 0 aliphatic heterocycles. The van der Waals surface area contributed by atoms with Gasteiger partial charge in [0.25, 0.3) is 0 Å². The minimum Gasteiger partial charge on any atom is -0.367 e. The fourth-order valence-electron chi connectivity index (χ4n) is 0.700. The maximum Gasteiger partial charge on any atom is 0.239 e. The topological polar surface area (TPSA) is 36.1 Å². The van der Waals surface area contributed by atoms with E-state index in [9.17, 15) is 4.79 Å². The molecular weight excluding hydrogens is 152 g/mol. The lowest BCUT2D eigenvalue weighted by molar-refractivity contribution is 0.105. The number of Topliss-reactive ketones (excluding diaryl/α,β-unsaturated/α-hetero) is 1. The van der Waals surface area contributed by atoms with E-state index in [4.69, 9.17) is 0 Å². The second-order valence-electron chi connectivity index (χ2n) is 2.56. The molecule has 3 nitrogen and oxygen atoms in total. The molecule has 1 N–H and O–H groups in total. The Labute approximate surface area is 71.4 Å². The molecule has 0 saturated heterocycles. The summed E-state index contributed by atoms with van der Waals surface area (Å²) < 4.78 is 0. The van der Waals surface area contributed by atoms with Crippen LogP contribution in [0.2, 0.25) is 0 Å². The number of rotatable bonds is 1. The van der Waals surface area contributed by atoms with Gasteiger partial charge in [-0.2, -0.15) is 0 Å². The number of carbonyl (C=O) groups excluding carboxylic acids is 1. The number of hydrogen-bond acceptors (Lipinski definition) is 2. The smallest absolute Gasteiger partial charge is 0.239 e. The molecule has 0 unspecified atom stereocenters. The quantitative estimate of drug-likeness (QED) is 0.375. The van der Waals surface area contributed by atoms with Crippen molar-refractivity contribution in [1.29, 1.82) is 0 Å². The molecule has 0 radical (unpaired) electrons. The first-order valence-electron chi connectivity index (χ1n) is 3.56. The third-order valence-corrected chi connectivity index (χ3v) is 1.25. The van der Waals surface area contributed by atoms with E-state index in [2.05, 4.69) is 16.9 Å². The van der Waals surface area contributed by atoms with Crippen molar-refractivity contribution in [3.05, 3.63) is 24.0 Å². The zero-order valence-electron chi connectivity index (χ0n) is 7.09. The van der Waals surface area contributed by atoms with Gasteiger partial charge in [0.2, 0.25) is 5.78 Å². The van der Waals surface area contributed by atoms with Crippen LogP contribution in [0.5, 0.6) is 0 Å². The van der Waals surface area contributed by atoms with Gasteiger partial charge in [-0.1, -0.05) is 0 Å². The van der Waals surface area contributed by atoms with Crippen molar-refractivity contribution < 1.29 is 4.79 Å². The van der Waals surface area contributed by atoms with Gasteiger partial charge in [0, 0.05) is 38.1 Å². The van der Waals surface area contributed by atoms with Crippen LogP contribution in [0.4, 0.5) is 0 Å². The predicted octanol–water partition coefficient (Wildman–Crippen LogP) is 0.720. The highest BCUT2D eigenvalue weighted by Gasteiger charge is 2.00. The number of hydrogen-bond donors (Lipinski definition) is 1. The maximum atomic E-state index is 11.2. The van der Waals surface area contributed by atoms with E-state index in [1.54, 1.807) is 37.5 Å². The molecular formula is C9H10N2O.